The van der Waals surface area contributed by atoms with Gasteiger partial charge in [0, 0.05) is 12.8 Å². The number of carboxylic acid groups (broad SMARTS) is 1. The normalized spacial score (nSPS) is 13.2. The topological polar surface area (TPSA) is 108 Å². The minimum absolute atomic E-state index is 0.185. The van der Waals surface area contributed by atoms with Crippen molar-refractivity contribution in [3.05, 3.63) is 85.1 Å². The fraction of sp³-hybridized carbons (Fsp3) is 0.776. The van der Waals surface area contributed by atoms with Crippen molar-refractivity contribution in [2.75, 3.05) is 47.5 Å². The highest BCUT2D eigenvalue weighted by Crippen LogP contribution is 2.18. The summed E-state index contributed by atoms with van der Waals surface area (Å²) in [7, 11) is 5.98. The smallest absolute Gasteiger partial charge is 0.361 e. The first kappa shape index (κ1) is 81.5. The van der Waals surface area contributed by atoms with E-state index < -0.39 is 24.3 Å². The zero-order valence-corrected chi connectivity index (χ0v) is 56.3. The molecule has 1 N–H and O–H groups in total. The standard InChI is InChI=1S/C76H135NO8/c1-6-8-10-12-14-16-18-20-22-24-26-28-30-31-32-33-34-35-36-37-38-39-40-41-42-43-45-47-49-51-53-55-57-59-61-63-65-67-74(79)85-72(71-84-76(75(80)81)82-69-68-77(3,4)5)70-83-73(78)66-64-62-60-58-56-54-52-50-48-46-44-29-27-25-23-21-19-17-15-13-11-9-7-2/h8,10,14,16,19-22,25-28,44,46,72,76H,6-7,9,11-13,15,17-18,23-24,29-43,45,47-71H2,1-5H3/p+1/b10-8-,16-14-,21-19-,22-20-,27-25-,28-26-,46-44-. The molecule has 0 aromatic carbocycles. The first-order chi connectivity index (χ1) is 41.6. The van der Waals surface area contributed by atoms with Gasteiger partial charge in [0.25, 0.3) is 6.29 Å². The van der Waals surface area contributed by atoms with Gasteiger partial charge in [0.05, 0.1) is 34.4 Å². The number of likely N-dealkylation sites (N-methyl/N-ethyl adjacent to an activating group) is 1. The molecule has 9 heteroatoms. The summed E-state index contributed by atoms with van der Waals surface area (Å²) in [5, 5.41) is 9.75. The number of allylic oxidation sites excluding steroid dienone is 14. The predicted molar refractivity (Wildman–Crippen MR) is 364 cm³/mol. The van der Waals surface area contributed by atoms with Gasteiger partial charge in [-0.15, -0.1) is 0 Å². The maximum Gasteiger partial charge on any atom is 0.361 e. The lowest BCUT2D eigenvalue weighted by molar-refractivity contribution is -0.870. The van der Waals surface area contributed by atoms with Crippen LogP contribution < -0.4 is 0 Å². The van der Waals surface area contributed by atoms with Gasteiger partial charge in [0.15, 0.2) is 6.10 Å². The first-order valence-corrected chi connectivity index (χ1v) is 35.8. The molecule has 492 valence electrons. The molecular weight excluding hydrogens is 1050 g/mol. The number of nitrogens with zero attached hydrogens (tertiary/aromatic N) is 1. The summed E-state index contributed by atoms with van der Waals surface area (Å²) < 4.78 is 23.0. The van der Waals surface area contributed by atoms with Crippen LogP contribution >= 0.6 is 0 Å². The fourth-order valence-corrected chi connectivity index (χ4v) is 10.2. The minimum Gasteiger partial charge on any atom is -0.477 e. The van der Waals surface area contributed by atoms with Crippen molar-refractivity contribution in [3.8, 4) is 0 Å². The number of hydrogen-bond donors (Lipinski definition) is 1. The second kappa shape index (κ2) is 66.4. The van der Waals surface area contributed by atoms with E-state index in [0.717, 1.165) is 89.9 Å². The highest BCUT2D eigenvalue weighted by atomic mass is 16.7. The van der Waals surface area contributed by atoms with E-state index in [0.29, 0.717) is 17.4 Å². The largest absolute Gasteiger partial charge is 0.477 e. The van der Waals surface area contributed by atoms with Crippen LogP contribution in [-0.4, -0.2) is 87.4 Å². The number of carbonyl (C=O) groups excluding carboxylic acids is 2. The molecule has 0 saturated heterocycles. The third kappa shape index (κ3) is 67.8. The Bertz CT molecular complexity index is 1670. The van der Waals surface area contributed by atoms with Crippen LogP contribution in [0.25, 0.3) is 0 Å². The lowest BCUT2D eigenvalue weighted by atomic mass is 10.0. The van der Waals surface area contributed by atoms with E-state index in [1.807, 2.05) is 21.1 Å². The molecule has 0 bridgehead atoms. The summed E-state index contributed by atoms with van der Waals surface area (Å²) in [6.07, 6.45) is 87.1. The molecule has 0 aromatic rings. The molecule has 9 nitrogen and oxygen atoms in total. The molecule has 0 spiro atoms. The second-order valence-corrected chi connectivity index (χ2v) is 25.2. The lowest BCUT2D eigenvalue weighted by Crippen LogP contribution is -2.40. The van der Waals surface area contributed by atoms with Crippen LogP contribution in [0.3, 0.4) is 0 Å². The predicted octanol–water partition coefficient (Wildman–Crippen LogP) is 22.2. The SMILES string of the molecule is CC/C=C\C/C=C\C/C=C\C/C=C\CCCCCCCCCCCCCCCCCCCCCCCCCCC(=O)OC(COC(=O)CCCCCCCCCC/C=C\C/C=C\C/C=C\CCCCCCC)COC(OCC[N+](C)(C)C)C(=O)O. The van der Waals surface area contributed by atoms with Crippen LogP contribution in [0.1, 0.15) is 322 Å². The number of quaternary nitrogens is 1. The zero-order valence-electron chi connectivity index (χ0n) is 56.3. The fourth-order valence-electron chi connectivity index (χ4n) is 10.2. The molecule has 2 unspecified atom stereocenters. The number of ether oxygens (including phenoxy) is 4. The number of hydrogen-bond acceptors (Lipinski definition) is 7. The molecule has 0 radical (unpaired) electrons. The van der Waals surface area contributed by atoms with E-state index in [1.165, 1.54) is 205 Å². The maximum atomic E-state index is 12.9. The Balaban J connectivity index is 4.04. The first-order valence-electron chi connectivity index (χ1n) is 35.8. The molecule has 2 atom stereocenters. The Hall–Kier alpha value is -3.53. The third-order valence-electron chi connectivity index (χ3n) is 15.6. The van der Waals surface area contributed by atoms with E-state index in [9.17, 15) is 19.5 Å². The van der Waals surface area contributed by atoms with Gasteiger partial charge in [-0.05, 0) is 89.9 Å². The van der Waals surface area contributed by atoms with Gasteiger partial charge < -0.3 is 28.5 Å². The van der Waals surface area contributed by atoms with Crippen LogP contribution in [-0.2, 0) is 33.3 Å². The Kier molecular flexibility index (Phi) is 63.7. The van der Waals surface area contributed by atoms with Crippen molar-refractivity contribution in [2.45, 2.75) is 334 Å². The van der Waals surface area contributed by atoms with Crippen LogP contribution in [0.4, 0.5) is 0 Å². The summed E-state index contributed by atoms with van der Waals surface area (Å²) in [4.78, 5) is 37.6. The molecule has 0 aliphatic rings. The Morgan fingerprint density at radius 2 is 0.671 bits per heavy atom. The molecule has 0 amide bonds. The molecule has 0 saturated carbocycles. The molecule has 0 aromatic heterocycles. The number of aliphatic carboxylic acids is 1. The molecule has 0 aliphatic heterocycles. The molecule has 85 heavy (non-hydrogen) atoms. The van der Waals surface area contributed by atoms with Gasteiger partial charge in [-0.3, -0.25) is 9.59 Å². The van der Waals surface area contributed by atoms with Crippen molar-refractivity contribution in [3.63, 3.8) is 0 Å². The van der Waals surface area contributed by atoms with Gasteiger partial charge >= 0.3 is 17.9 Å². The summed E-state index contributed by atoms with van der Waals surface area (Å²) in [5.74, 6) is -2.00. The van der Waals surface area contributed by atoms with E-state index in [1.54, 1.807) is 0 Å². The highest BCUT2D eigenvalue weighted by Gasteiger charge is 2.25. The maximum absolute atomic E-state index is 12.9. The van der Waals surface area contributed by atoms with Crippen LogP contribution in [0.15, 0.2) is 85.1 Å². The van der Waals surface area contributed by atoms with Gasteiger partial charge in [-0.2, -0.15) is 0 Å². The van der Waals surface area contributed by atoms with Gasteiger partial charge in [0.1, 0.15) is 13.2 Å². The van der Waals surface area contributed by atoms with Gasteiger partial charge in [-0.25, -0.2) is 4.79 Å². The summed E-state index contributed by atoms with van der Waals surface area (Å²) in [6.45, 7) is 4.78. The number of carbonyl (C=O) groups is 3. The van der Waals surface area contributed by atoms with Crippen LogP contribution in [0, 0.1) is 0 Å². The van der Waals surface area contributed by atoms with Crippen LogP contribution in [0.2, 0.25) is 0 Å². The number of rotatable bonds is 66. The average Bonchev–Trinajstić information content (AvgIpc) is 3.48. The van der Waals surface area contributed by atoms with E-state index in [2.05, 4.69) is 98.9 Å². The Labute approximate surface area is 525 Å². The third-order valence-corrected chi connectivity index (χ3v) is 15.6. The van der Waals surface area contributed by atoms with Crippen molar-refractivity contribution in [2.24, 2.45) is 0 Å². The molecule has 0 heterocycles. The van der Waals surface area contributed by atoms with Crippen molar-refractivity contribution >= 4 is 17.9 Å². The van der Waals surface area contributed by atoms with Crippen molar-refractivity contribution in [1.82, 2.24) is 0 Å². The van der Waals surface area contributed by atoms with Crippen molar-refractivity contribution < 1.29 is 42.9 Å². The Morgan fingerprint density at radius 1 is 0.365 bits per heavy atom. The molecular formula is C76H136NO8+. The number of carboxylic acids is 1. The van der Waals surface area contributed by atoms with E-state index in [-0.39, 0.29) is 32.2 Å². The Morgan fingerprint density at radius 3 is 1.00 bits per heavy atom. The average molecular weight is 1190 g/mol. The van der Waals surface area contributed by atoms with Crippen LogP contribution in [0.5, 0.6) is 0 Å². The summed E-state index contributed by atoms with van der Waals surface area (Å²) in [6, 6.07) is 0. The summed E-state index contributed by atoms with van der Waals surface area (Å²) in [5.41, 5.74) is 0. The minimum atomic E-state index is -1.51. The van der Waals surface area contributed by atoms with E-state index in [4.69, 9.17) is 18.9 Å². The highest BCUT2D eigenvalue weighted by molar-refractivity contribution is 5.71. The summed E-state index contributed by atoms with van der Waals surface area (Å²) >= 11 is 0. The van der Waals surface area contributed by atoms with Gasteiger partial charge in [-0.1, -0.05) is 304 Å². The molecule has 0 aliphatic carbocycles. The van der Waals surface area contributed by atoms with Crippen molar-refractivity contribution in [1.29, 1.82) is 0 Å². The van der Waals surface area contributed by atoms with E-state index >= 15 is 0 Å². The molecule has 0 fully saturated rings. The monoisotopic (exact) mass is 1190 g/mol. The zero-order chi connectivity index (χ0) is 61.9. The lowest BCUT2D eigenvalue weighted by Gasteiger charge is -2.25. The molecule has 0 rings (SSSR count). The number of esters is 2. The number of unbranched alkanes of at least 4 members (excludes halogenated alkanes) is 37. The quantitative estimate of drug-likeness (QED) is 0.0211. The second-order valence-electron chi connectivity index (χ2n) is 25.2. The van der Waals surface area contributed by atoms with Gasteiger partial charge in [0.2, 0.25) is 0 Å².